The number of carboxylic acids is 1. The first-order chi connectivity index (χ1) is 25.3. The van der Waals surface area contributed by atoms with Crippen LogP contribution in [0.3, 0.4) is 0 Å². The second kappa shape index (κ2) is 26.2. The first-order valence-corrected chi connectivity index (χ1v) is 17.2. The van der Waals surface area contributed by atoms with Gasteiger partial charge in [0.1, 0.15) is 30.2 Å². The van der Waals surface area contributed by atoms with Crippen molar-refractivity contribution in [3.05, 3.63) is 0 Å². The molecule has 0 aliphatic heterocycles. The molecule has 24 nitrogen and oxygen atoms in total. The van der Waals surface area contributed by atoms with Crippen LogP contribution in [0, 0.1) is 5.41 Å². The smallest absolute Gasteiger partial charge is 0.326 e. The van der Waals surface area contributed by atoms with E-state index in [1.165, 1.54) is 0 Å². The fourth-order valence-electron chi connectivity index (χ4n) is 4.79. The Kier molecular flexibility index (Phi) is 23.5. The van der Waals surface area contributed by atoms with Gasteiger partial charge in [0.05, 0.1) is 25.3 Å². The van der Waals surface area contributed by atoms with Crippen molar-refractivity contribution < 1.29 is 48.3 Å². The number of hydrogen-bond acceptors (Lipinski definition) is 13. The second-order valence-corrected chi connectivity index (χ2v) is 12.3. The molecule has 0 bridgehead atoms. The van der Waals surface area contributed by atoms with Gasteiger partial charge in [0.2, 0.25) is 47.3 Å². The summed E-state index contributed by atoms with van der Waals surface area (Å²) in [6, 6.07) is -9.06. The summed E-state index contributed by atoms with van der Waals surface area (Å²) in [5.41, 5.74) is 38.0. The van der Waals surface area contributed by atoms with Gasteiger partial charge in [0, 0.05) is 6.54 Å². The quantitative estimate of drug-likeness (QED) is 0.0191. The molecule has 0 aromatic heterocycles. The summed E-state index contributed by atoms with van der Waals surface area (Å²) in [7, 11) is 0. The highest BCUT2D eigenvalue weighted by Gasteiger charge is 2.34. The van der Waals surface area contributed by atoms with Crippen molar-refractivity contribution in [2.24, 2.45) is 40.1 Å². The Labute approximate surface area is 311 Å². The van der Waals surface area contributed by atoms with E-state index in [-0.39, 0.29) is 51.2 Å². The maximum atomic E-state index is 13.6. The standard InChI is InChI=1S/C30H56N14O10/c31-9-3-1-6-15(33)24(48)40-17(8-5-11-39-30(37)38)26(50)42-18(12-21(34)45)27(51)41-16(7-2-4-10-32)25(49)43-19(13-22(35)46)28(52)44-20(29(53)54)14-23(36)47/h15-20H,1-14,31-33H2,(H2,34,45)(H2,35,46)(H2,36,47)(H,40,48)(H,41,51)(H,42,50)(H,43,49)(H,44,52)(H,53,54)(H4,37,38,39). The Morgan fingerprint density at radius 1 is 0.500 bits per heavy atom. The molecule has 0 aromatic rings. The number of carbonyl (C=O) groups is 9. The summed E-state index contributed by atoms with van der Waals surface area (Å²) in [5.74, 6) is -10.1. The minimum absolute atomic E-state index is 0.0338. The number of primary amides is 3. The van der Waals surface area contributed by atoms with Crippen LogP contribution in [0.5, 0.6) is 0 Å². The third-order valence-corrected chi connectivity index (χ3v) is 7.60. The maximum Gasteiger partial charge on any atom is 0.326 e. The van der Waals surface area contributed by atoms with Gasteiger partial charge in [-0.1, -0.05) is 6.42 Å². The van der Waals surface area contributed by atoms with Crippen molar-refractivity contribution >= 4 is 59.2 Å². The first-order valence-electron chi connectivity index (χ1n) is 17.2. The highest BCUT2D eigenvalue weighted by atomic mass is 16.4. The van der Waals surface area contributed by atoms with Gasteiger partial charge in [-0.25, -0.2) is 4.79 Å². The summed E-state index contributed by atoms with van der Waals surface area (Å²) >= 11 is 0. The third kappa shape index (κ3) is 21.0. The minimum atomic E-state index is -1.81. The van der Waals surface area contributed by atoms with E-state index < -0.39 is 109 Å². The molecule has 0 heterocycles. The van der Waals surface area contributed by atoms with Crippen molar-refractivity contribution in [3.63, 3.8) is 0 Å². The molecule has 54 heavy (non-hydrogen) atoms. The Balaban J connectivity index is 6.26. The summed E-state index contributed by atoms with van der Waals surface area (Å²) in [6.45, 7) is 0.715. The average molecular weight is 773 g/mol. The van der Waals surface area contributed by atoms with Crippen LogP contribution in [-0.2, 0) is 43.2 Å². The lowest BCUT2D eigenvalue weighted by atomic mass is 10.0. The van der Waals surface area contributed by atoms with Crippen molar-refractivity contribution in [3.8, 4) is 0 Å². The Bertz CT molecular complexity index is 1330. The lowest BCUT2D eigenvalue weighted by molar-refractivity contribution is -0.144. The van der Waals surface area contributed by atoms with E-state index in [2.05, 4.69) is 26.6 Å². The number of amides is 8. The van der Waals surface area contributed by atoms with Gasteiger partial charge in [-0.15, -0.1) is 0 Å². The molecule has 0 saturated carbocycles. The number of carboxylic acid groups (broad SMARTS) is 1. The predicted octanol–water partition coefficient (Wildman–Crippen LogP) is -7.03. The molecule has 0 saturated heterocycles. The molecule has 22 N–H and O–H groups in total. The number of hydrogen-bond donors (Lipinski definition) is 15. The molecule has 0 rings (SSSR count). The van der Waals surface area contributed by atoms with E-state index in [0.29, 0.717) is 25.8 Å². The molecule has 0 fully saturated rings. The summed E-state index contributed by atoms with van der Waals surface area (Å²) in [5, 5.41) is 30.7. The molecular weight excluding hydrogens is 716 g/mol. The number of unbranched alkanes of at least 4 members (excludes halogenated alkanes) is 2. The molecule has 24 heteroatoms. The largest absolute Gasteiger partial charge is 0.480 e. The van der Waals surface area contributed by atoms with Crippen LogP contribution in [0.4, 0.5) is 0 Å². The van der Waals surface area contributed by atoms with Crippen LogP contribution < -0.4 is 72.0 Å². The minimum Gasteiger partial charge on any atom is -0.480 e. The molecule has 6 unspecified atom stereocenters. The normalized spacial score (nSPS) is 14.1. The van der Waals surface area contributed by atoms with E-state index in [1.54, 1.807) is 0 Å². The topological polar surface area (TPSA) is 452 Å². The van der Waals surface area contributed by atoms with Crippen LogP contribution in [0.15, 0.2) is 0 Å². The number of aliphatic carboxylic acids is 1. The molecule has 306 valence electrons. The Morgan fingerprint density at radius 3 is 1.26 bits per heavy atom. The van der Waals surface area contributed by atoms with Gasteiger partial charge in [-0.2, -0.15) is 0 Å². The molecule has 8 amide bonds. The SMILES string of the molecule is N=C(N)NCCCC(NC(=O)C(N)CCCCN)C(=O)NC(CC(N)=O)C(=O)NC(CCCCN)C(=O)NC(CC(N)=O)C(=O)NC(CC(N)=O)C(=O)O. The highest BCUT2D eigenvalue weighted by molar-refractivity contribution is 5.99. The molecule has 0 spiro atoms. The van der Waals surface area contributed by atoms with Crippen molar-refractivity contribution in [1.82, 2.24) is 31.9 Å². The lowest BCUT2D eigenvalue weighted by Crippen LogP contribution is -2.60. The van der Waals surface area contributed by atoms with Crippen molar-refractivity contribution in [1.29, 1.82) is 5.41 Å². The zero-order valence-corrected chi connectivity index (χ0v) is 30.0. The Hall–Kier alpha value is -5.62. The zero-order valence-electron chi connectivity index (χ0n) is 30.0. The van der Waals surface area contributed by atoms with E-state index in [4.69, 9.17) is 45.5 Å². The van der Waals surface area contributed by atoms with Gasteiger partial charge in [-0.05, 0) is 58.0 Å². The monoisotopic (exact) mass is 772 g/mol. The van der Waals surface area contributed by atoms with Gasteiger partial charge < -0.3 is 77.1 Å². The van der Waals surface area contributed by atoms with Gasteiger partial charge in [0.25, 0.3) is 0 Å². The van der Waals surface area contributed by atoms with E-state index in [1.807, 2.05) is 5.32 Å². The van der Waals surface area contributed by atoms with Crippen LogP contribution in [0.1, 0.15) is 70.6 Å². The fraction of sp³-hybridized carbons (Fsp3) is 0.667. The number of rotatable bonds is 29. The maximum absolute atomic E-state index is 13.6. The molecule has 0 aliphatic carbocycles. The summed E-state index contributed by atoms with van der Waals surface area (Å²) < 4.78 is 0. The van der Waals surface area contributed by atoms with Crippen LogP contribution in [0.2, 0.25) is 0 Å². The lowest BCUT2D eigenvalue weighted by Gasteiger charge is -2.27. The van der Waals surface area contributed by atoms with E-state index in [9.17, 15) is 48.3 Å². The fourth-order valence-corrected chi connectivity index (χ4v) is 4.79. The van der Waals surface area contributed by atoms with Gasteiger partial charge in [0.15, 0.2) is 5.96 Å². The zero-order chi connectivity index (χ0) is 41.4. The van der Waals surface area contributed by atoms with E-state index >= 15 is 0 Å². The predicted molar refractivity (Wildman–Crippen MR) is 192 cm³/mol. The summed E-state index contributed by atoms with van der Waals surface area (Å²) in [4.78, 5) is 113. The molecular formula is C30H56N14O10. The number of nitrogens with two attached hydrogens (primary N) is 7. The van der Waals surface area contributed by atoms with Crippen molar-refractivity contribution in [2.75, 3.05) is 19.6 Å². The number of guanidine groups is 1. The number of carbonyl (C=O) groups excluding carboxylic acids is 8. The van der Waals surface area contributed by atoms with Crippen LogP contribution in [0.25, 0.3) is 0 Å². The van der Waals surface area contributed by atoms with Gasteiger partial charge >= 0.3 is 5.97 Å². The molecule has 6 atom stereocenters. The Morgan fingerprint density at radius 2 is 0.852 bits per heavy atom. The molecule has 0 aromatic carbocycles. The first kappa shape index (κ1) is 48.4. The van der Waals surface area contributed by atoms with Crippen LogP contribution in [-0.4, -0.2) is 120 Å². The van der Waals surface area contributed by atoms with E-state index in [0.717, 1.165) is 0 Å². The highest BCUT2D eigenvalue weighted by Crippen LogP contribution is 2.07. The van der Waals surface area contributed by atoms with Gasteiger partial charge in [-0.3, -0.25) is 43.8 Å². The molecule has 0 radical (unpaired) electrons. The molecule has 0 aliphatic rings. The van der Waals surface area contributed by atoms with Crippen molar-refractivity contribution in [2.45, 2.75) is 107 Å². The average Bonchev–Trinajstić information content (AvgIpc) is 3.07. The second-order valence-electron chi connectivity index (χ2n) is 12.3. The number of nitrogens with one attached hydrogen (secondary N) is 7. The third-order valence-electron chi connectivity index (χ3n) is 7.60. The summed E-state index contributed by atoms with van der Waals surface area (Å²) in [6.07, 6.45) is -0.325. The van der Waals surface area contributed by atoms with Crippen LogP contribution >= 0.6 is 0 Å².